The van der Waals surface area contributed by atoms with Crippen LogP contribution >= 0.6 is 0 Å². The van der Waals surface area contributed by atoms with Crippen molar-refractivity contribution in [3.63, 3.8) is 0 Å². The summed E-state index contributed by atoms with van der Waals surface area (Å²) in [7, 11) is 3.67. The first-order chi connectivity index (χ1) is 11.1. The van der Waals surface area contributed by atoms with Gasteiger partial charge in [-0.15, -0.1) is 0 Å². The molecular weight excluding hydrogens is 292 g/mol. The van der Waals surface area contributed by atoms with Crippen molar-refractivity contribution < 1.29 is 4.79 Å². The molecule has 0 spiro atoms. The molecule has 0 aliphatic rings. The first-order valence-electron chi connectivity index (χ1n) is 7.08. The molecule has 0 atom stereocenters. The van der Waals surface area contributed by atoms with Crippen molar-refractivity contribution in [3.8, 4) is 11.3 Å². The number of carbonyl (C=O) groups excluding carboxylic acids is 1. The normalized spacial score (nSPS) is 11.7. The number of amidine groups is 1. The second-order valence-corrected chi connectivity index (χ2v) is 5.22. The zero-order chi connectivity index (χ0) is 16.4. The first kappa shape index (κ1) is 14.8. The van der Waals surface area contributed by atoms with Gasteiger partial charge in [-0.25, -0.2) is 9.50 Å². The molecular formula is C16H16N6O. The van der Waals surface area contributed by atoms with Crippen LogP contribution in [0.5, 0.6) is 0 Å². The number of fused-ring (bicyclic) bond motifs is 1. The van der Waals surface area contributed by atoms with Crippen LogP contribution in [0.25, 0.3) is 16.9 Å². The maximum atomic E-state index is 12.4. The minimum atomic E-state index is -0.359. The van der Waals surface area contributed by atoms with E-state index in [4.69, 9.17) is 0 Å². The molecule has 116 valence electrons. The highest BCUT2D eigenvalue weighted by atomic mass is 16.1. The molecule has 23 heavy (non-hydrogen) atoms. The van der Waals surface area contributed by atoms with Crippen molar-refractivity contribution >= 4 is 17.4 Å². The molecule has 3 heterocycles. The highest BCUT2D eigenvalue weighted by molar-refractivity contribution is 6.06. The molecule has 0 unspecified atom stereocenters. The standard InChI is InChI=1S/C16H16N6O/c1-11(21(2)3)20-16(23)13-10-19-22-14(6-8-18-15(13)22)12-5-4-7-17-9-12/h4-10H,1-3H3. The Balaban J connectivity index is 2.09. The van der Waals surface area contributed by atoms with E-state index in [0.717, 1.165) is 11.3 Å². The monoisotopic (exact) mass is 308 g/mol. The second-order valence-electron chi connectivity index (χ2n) is 5.22. The van der Waals surface area contributed by atoms with E-state index >= 15 is 0 Å². The molecule has 0 aliphatic carbocycles. The Bertz CT molecular complexity index is 882. The molecule has 7 heteroatoms. The number of aromatic nitrogens is 4. The minimum Gasteiger partial charge on any atom is -0.366 e. The van der Waals surface area contributed by atoms with Crippen LogP contribution in [0.1, 0.15) is 17.3 Å². The van der Waals surface area contributed by atoms with Crippen LogP contribution in [0.3, 0.4) is 0 Å². The van der Waals surface area contributed by atoms with Gasteiger partial charge in [-0.1, -0.05) is 0 Å². The third kappa shape index (κ3) is 2.80. The summed E-state index contributed by atoms with van der Waals surface area (Å²) in [5, 5.41) is 4.29. The average molecular weight is 308 g/mol. The summed E-state index contributed by atoms with van der Waals surface area (Å²) >= 11 is 0. The number of hydrogen-bond donors (Lipinski definition) is 0. The molecule has 0 radical (unpaired) electrons. The van der Waals surface area contributed by atoms with Crippen LogP contribution in [0.15, 0.2) is 48.0 Å². The Morgan fingerprint density at radius 3 is 2.74 bits per heavy atom. The van der Waals surface area contributed by atoms with Gasteiger partial charge in [0.15, 0.2) is 5.65 Å². The Morgan fingerprint density at radius 2 is 2.04 bits per heavy atom. The molecule has 0 aliphatic heterocycles. The van der Waals surface area contributed by atoms with Gasteiger partial charge >= 0.3 is 0 Å². The maximum Gasteiger partial charge on any atom is 0.284 e. The smallest absolute Gasteiger partial charge is 0.284 e. The van der Waals surface area contributed by atoms with Crippen molar-refractivity contribution in [1.29, 1.82) is 0 Å². The summed E-state index contributed by atoms with van der Waals surface area (Å²) in [6.07, 6.45) is 6.60. The summed E-state index contributed by atoms with van der Waals surface area (Å²) < 4.78 is 1.63. The molecule has 0 saturated heterocycles. The summed E-state index contributed by atoms with van der Waals surface area (Å²) in [6, 6.07) is 5.61. The van der Waals surface area contributed by atoms with Crippen molar-refractivity contribution in [1.82, 2.24) is 24.5 Å². The summed E-state index contributed by atoms with van der Waals surface area (Å²) in [6.45, 7) is 1.78. The molecule has 3 aromatic rings. The van der Waals surface area contributed by atoms with Crippen molar-refractivity contribution in [2.24, 2.45) is 4.99 Å². The third-order valence-electron chi connectivity index (χ3n) is 3.50. The number of hydrogen-bond acceptors (Lipinski definition) is 4. The van der Waals surface area contributed by atoms with Gasteiger partial charge in [0.1, 0.15) is 11.4 Å². The molecule has 0 fully saturated rings. The molecule has 3 aromatic heterocycles. The Labute approximate surface area is 133 Å². The van der Waals surface area contributed by atoms with E-state index in [1.165, 1.54) is 6.20 Å². The van der Waals surface area contributed by atoms with Gasteiger partial charge in [-0.2, -0.15) is 10.1 Å². The largest absolute Gasteiger partial charge is 0.366 e. The number of aliphatic imine (C=N–C) groups is 1. The van der Waals surface area contributed by atoms with Gasteiger partial charge < -0.3 is 4.90 Å². The first-order valence-corrected chi connectivity index (χ1v) is 7.08. The molecule has 1 amide bonds. The van der Waals surface area contributed by atoms with Crippen LogP contribution in [0, 0.1) is 0 Å². The lowest BCUT2D eigenvalue weighted by Gasteiger charge is -2.09. The van der Waals surface area contributed by atoms with E-state index in [-0.39, 0.29) is 5.91 Å². The molecule has 0 bridgehead atoms. The van der Waals surface area contributed by atoms with Gasteiger partial charge in [0, 0.05) is 38.2 Å². The number of nitrogens with zero attached hydrogens (tertiary/aromatic N) is 6. The van der Waals surface area contributed by atoms with Crippen LogP contribution in [0.2, 0.25) is 0 Å². The summed E-state index contributed by atoms with van der Waals surface area (Å²) in [5.41, 5.74) is 2.56. The van der Waals surface area contributed by atoms with E-state index in [9.17, 15) is 4.79 Å². The van der Waals surface area contributed by atoms with Gasteiger partial charge in [0.25, 0.3) is 5.91 Å². The van der Waals surface area contributed by atoms with E-state index < -0.39 is 0 Å². The maximum absolute atomic E-state index is 12.4. The van der Waals surface area contributed by atoms with E-state index in [2.05, 4.69) is 20.1 Å². The lowest BCUT2D eigenvalue weighted by molar-refractivity contribution is 0.100. The highest BCUT2D eigenvalue weighted by Gasteiger charge is 2.16. The zero-order valence-corrected chi connectivity index (χ0v) is 13.1. The van der Waals surface area contributed by atoms with Crippen molar-refractivity contribution in [3.05, 3.63) is 48.5 Å². The van der Waals surface area contributed by atoms with Gasteiger partial charge in [-0.05, 0) is 25.1 Å². The summed E-state index contributed by atoms with van der Waals surface area (Å²) in [4.78, 5) is 26.6. The quantitative estimate of drug-likeness (QED) is 0.534. The van der Waals surface area contributed by atoms with E-state index in [0.29, 0.717) is 17.0 Å². The number of carbonyl (C=O) groups is 1. The second kappa shape index (κ2) is 5.96. The predicted octanol–water partition coefficient (Wildman–Crippen LogP) is 1.91. The fourth-order valence-corrected chi connectivity index (χ4v) is 2.08. The molecule has 0 N–H and O–H groups in total. The fraction of sp³-hybridized carbons (Fsp3) is 0.188. The number of amides is 1. The predicted molar refractivity (Wildman–Crippen MR) is 87.3 cm³/mol. The minimum absolute atomic E-state index is 0.359. The topological polar surface area (TPSA) is 75.8 Å². The third-order valence-corrected chi connectivity index (χ3v) is 3.50. The van der Waals surface area contributed by atoms with Crippen LogP contribution in [-0.4, -0.2) is 50.3 Å². The molecule has 0 saturated carbocycles. The van der Waals surface area contributed by atoms with Crippen LogP contribution in [0.4, 0.5) is 0 Å². The Kier molecular flexibility index (Phi) is 3.84. The van der Waals surface area contributed by atoms with Gasteiger partial charge in [0.2, 0.25) is 0 Å². The fourth-order valence-electron chi connectivity index (χ4n) is 2.08. The average Bonchev–Trinajstić information content (AvgIpc) is 2.99. The number of rotatable bonds is 2. The lowest BCUT2D eigenvalue weighted by Crippen LogP contribution is -2.19. The molecule has 0 aromatic carbocycles. The van der Waals surface area contributed by atoms with Crippen LogP contribution < -0.4 is 0 Å². The lowest BCUT2D eigenvalue weighted by atomic mass is 10.2. The zero-order valence-electron chi connectivity index (χ0n) is 13.1. The van der Waals surface area contributed by atoms with Crippen LogP contribution in [-0.2, 0) is 0 Å². The van der Waals surface area contributed by atoms with Crippen molar-refractivity contribution in [2.75, 3.05) is 14.1 Å². The molecule has 3 rings (SSSR count). The van der Waals surface area contributed by atoms with Crippen molar-refractivity contribution in [2.45, 2.75) is 6.92 Å². The van der Waals surface area contributed by atoms with E-state index in [1.807, 2.05) is 32.3 Å². The molecule has 7 nitrogen and oxygen atoms in total. The Morgan fingerprint density at radius 1 is 1.22 bits per heavy atom. The van der Waals surface area contributed by atoms with Gasteiger partial charge in [-0.3, -0.25) is 9.78 Å². The Hall–Kier alpha value is -3.09. The summed E-state index contributed by atoms with van der Waals surface area (Å²) in [5.74, 6) is 0.264. The number of pyridine rings is 1. The van der Waals surface area contributed by atoms with E-state index in [1.54, 1.807) is 34.9 Å². The van der Waals surface area contributed by atoms with Gasteiger partial charge in [0.05, 0.1) is 11.9 Å². The SMILES string of the molecule is CC(=NC(=O)c1cnn2c(-c3cccnc3)ccnc12)N(C)C. The highest BCUT2D eigenvalue weighted by Crippen LogP contribution is 2.20.